The predicted molar refractivity (Wildman–Crippen MR) is 54.0 cm³/mol. The maximum atomic E-state index is 11.5. The molecule has 0 fully saturated rings. The van der Waals surface area contributed by atoms with E-state index in [0.717, 1.165) is 12.0 Å². The van der Waals surface area contributed by atoms with Gasteiger partial charge < -0.3 is 15.5 Å². The van der Waals surface area contributed by atoms with Crippen LogP contribution in [0.1, 0.15) is 29.5 Å². The van der Waals surface area contributed by atoms with E-state index in [9.17, 15) is 4.79 Å². The molecule has 14 heavy (non-hydrogen) atoms. The Bertz CT molecular complexity index is 305. The van der Waals surface area contributed by atoms with Gasteiger partial charge in [-0.05, 0) is 26.3 Å². The van der Waals surface area contributed by atoms with Gasteiger partial charge in [0, 0.05) is 18.2 Å². The van der Waals surface area contributed by atoms with Crippen molar-refractivity contribution in [3.05, 3.63) is 23.7 Å². The molecule has 0 aliphatic carbocycles. The fourth-order valence-corrected chi connectivity index (χ4v) is 1.10. The minimum absolute atomic E-state index is 0.105. The summed E-state index contributed by atoms with van der Waals surface area (Å²) >= 11 is 0. The fourth-order valence-electron chi connectivity index (χ4n) is 1.10. The van der Waals surface area contributed by atoms with Gasteiger partial charge in [0.2, 0.25) is 0 Å². The normalized spacial score (nSPS) is 12.5. The SMILES string of the molecule is Cc1ccoc1C(=O)NCCC(C)N. The zero-order valence-corrected chi connectivity index (χ0v) is 8.54. The summed E-state index contributed by atoms with van der Waals surface area (Å²) in [5, 5.41) is 2.74. The Kier molecular flexibility index (Phi) is 3.71. The molecule has 4 nitrogen and oxygen atoms in total. The number of furan rings is 1. The third-order valence-electron chi connectivity index (χ3n) is 1.95. The predicted octanol–water partition coefficient (Wildman–Crippen LogP) is 1.06. The molecule has 0 aromatic carbocycles. The minimum atomic E-state index is -0.173. The van der Waals surface area contributed by atoms with Gasteiger partial charge in [0.25, 0.3) is 5.91 Å². The molecule has 0 saturated carbocycles. The van der Waals surface area contributed by atoms with Gasteiger partial charge in [-0.15, -0.1) is 0 Å². The van der Waals surface area contributed by atoms with Crippen LogP contribution in [0.5, 0.6) is 0 Å². The van der Waals surface area contributed by atoms with Crippen LogP contribution in [-0.2, 0) is 0 Å². The van der Waals surface area contributed by atoms with Gasteiger partial charge in [-0.2, -0.15) is 0 Å². The van der Waals surface area contributed by atoms with Crippen molar-refractivity contribution in [2.75, 3.05) is 6.54 Å². The van der Waals surface area contributed by atoms with Crippen LogP contribution in [0, 0.1) is 6.92 Å². The molecular weight excluding hydrogens is 180 g/mol. The first-order chi connectivity index (χ1) is 6.61. The lowest BCUT2D eigenvalue weighted by atomic mass is 10.2. The average Bonchev–Trinajstić information content (AvgIpc) is 2.50. The first-order valence-electron chi connectivity index (χ1n) is 4.69. The summed E-state index contributed by atoms with van der Waals surface area (Å²) in [6.45, 7) is 4.32. The van der Waals surface area contributed by atoms with Gasteiger partial charge in [-0.3, -0.25) is 4.79 Å². The Hall–Kier alpha value is -1.29. The van der Waals surface area contributed by atoms with Crippen molar-refractivity contribution in [2.24, 2.45) is 5.73 Å². The summed E-state index contributed by atoms with van der Waals surface area (Å²) < 4.78 is 5.04. The van der Waals surface area contributed by atoms with Crippen LogP contribution < -0.4 is 11.1 Å². The van der Waals surface area contributed by atoms with E-state index in [1.54, 1.807) is 6.07 Å². The summed E-state index contributed by atoms with van der Waals surface area (Å²) in [6.07, 6.45) is 2.28. The standard InChI is InChI=1S/C10H16N2O2/c1-7-4-6-14-9(7)10(13)12-5-3-8(2)11/h4,6,8H,3,5,11H2,1-2H3,(H,12,13). The molecule has 78 valence electrons. The second-order valence-electron chi connectivity index (χ2n) is 3.45. The Morgan fingerprint density at radius 1 is 1.71 bits per heavy atom. The number of carbonyl (C=O) groups excluding carboxylic acids is 1. The van der Waals surface area contributed by atoms with E-state index in [2.05, 4.69) is 5.32 Å². The summed E-state index contributed by atoms with van der Waals surface area (Å²) in [6, 6.07) is 1.87. The molecule has 1 atom stereocenters. The second-order valence-corrected chi connectivity index (χ2v) is 3.45. The molecule has 0 spiro atoms. The third kappa shape index (κ3) is 2.88. The van der Waals surface area contributed by atoms with Crippen molar-refractivity contribution in [1.82, 2.24) is 5.32 Å². The molecule has 0 aliphatic heterocycles. The second kappa shape index (κ2) is 4.81. The van der Waals surface area contributed by atoms with E-state index in [4.69, 9.17) is 10.2 Å². The van der Waals surface area contributed by atoms with E-state index in [-0.39, 0.29) is 11.9 Å². The summed E-state index contributed by atoms with van der Waals surface area (Å²) in [5.74, 6) is 0.211. The molecular formula is C10H16N2O2. The molecule has 1 aromatic rings. The Morgan fingerprint density at radius 3 is 2.93 bits per heavy atom. The van der Waals surface area contributed by atoms with Gasteiger partial charge in [0.1, 0.15) is 0 Å². The first kappa shape index (κ1) is 10.8. The lowest BCUT2D eigenvalue weighted by Gasteiger charge is -2.05. The largest absolute Gasteiger partial charge is 0.459 e. The van der Waals surface area contributed by atoms with Gasteiger partial charge in [0.05, 0.1) is 6.26 Å². The number of hydrogen-bond donors (Lipinski definition) is 2. The van der Waals surface area contributed by atoms with Crippen molar-refractivity contribution < 1.29 is 9.21 Å². The van der Waals surface area contributed by atoms with Crippen LogP contribution in [0.25, 0.3) is 0 Å². The van der Waals surface area contributed by atoms with Crippen molar-refractivity contribution in [3.8, 4) is 0 Å². The van der Waals surface area contributed by atoms with E-state index < -0.39 is 0 Å². The zero-order valence-electron chi connectivity index (χ0n) is 8.54. The Morgan fingerprint density at radius 2 is 2.43 bits per heavy atom. The van der Waals surface area contributed by atoms with E-state index in [1.165, 1.54) is 6.26 Å². The molecule has 3 N–H and O–H groups in total. The molecule has 0 aliphatic rings. The topological polar surface area (TPSA) is 68.3 Å². The van der Waals surface area contributed by atoms with Crippen LogP contribution in [0.4, 0.5) is 0 Å². The highest BCUT2D eigenvalue weighted by atomic mass is 16.3. The minimum Gasteiger partial charge on any atom is -0.459 e. The lowest BCUT2D eigenvalue weighted by molar-refractivity contribution is 0.0924. The van der Waals surface area contributed by atoms with Gasteiger partial charge in [-0.25, -0.2) is 0 Å². The molecule has 0 bridgehead atoms. The molecule has 1 rings (SSSR count). The number of aryl methyl sites for hydroxylation is 1. The van der Waals surface area contributed by atoms with Crippen molar-refractivity contribution in [3.63, 3.8) is 0 Å². The van der Waals surface area contributed by atoms with Gasteiger partial charge >= 0.3 is 0 Å². The van der Waals surface area contributed by atoms with Crippen molar-refractivity contribution in [2.45, 2.75) is 26.3 Å². The average molecular weight is 196 g/mol. The summed E-state index contributed by atoms with van der Waals surface area (Å²) in [4.78, 5) is 11.5. The number of rotatable bonds is 4. The zero-order chi connectivity index (χ0) is 10.6. The van der Waals surface area contributed by atoms with Crippen molar-refractivity contribution >= 4 is 5.91 Å². The highest BCUT2D eigenvalue weighted by molar-refractivity contribution is 5.92. The number of nitrogens with two attached hydrogens (primary N) is 1. The van der Waals surface area contributed by atoms with Crippen LogP contribution in [0.2, 0.25) is 0 Å². The van der Waals surface area contributed by atoms with Crippen LogP contribution in [0.3, 0.4) is 0 Å². The van der Waals surface area contributed by atoms with Crippen molar-refractivity contribution in [1.29, 1.82) is 0 Å². The first-order valence-corrected chi connectivity index (χ1v) is 4.69. The molecule has 0 radical (unpaired) electrons. The summed E-state index contributed by atoms with van der Waals surface area (Å²) in [5.41, 5.74) is 6.40. The van der Waals surface area contributed by atoms with Crippen LogP contribution in [0.15, 0.2) is 16.7 Å². The number of carbonyl (C=O) groups is 1. The Labute approximate surface area is 83.5 Å². The smallest absolute Gasteiger partial charge is 0.287 e. The fraction of sp³-hybridized carbons (Fsp3) is 0.500. The summed E-state index contributed by atoms with van der Waals surface area (Å²) in [7, 11) is 0. The Balaban J connectivity index is 2.40. The van der Waals surface area contributed by atoms with Gasteiger partial charge in [0.15, 0.2) is 5.76 Å². The van der Waals surface area contributed by atoms with Crippen LogP contribution in [-0.4, -0.2) is 18.5 Å². The molecule has 1 unspecified atom stereocenters. The van der Waals surface area contributed by atoms with E-state index in [0.29, 0.717) is 12.3 Å². The maximum absolute atomic E-state index is 11.5. The molecule has 0 saturated heterocycles. The highest BCUT2D eigenvalue weighted by Gasteiger charge is 2.11. The van der Waals surface area contributed by atoms with Gasteiger partial charge in [-0.1, -0.05) is 0 Å². The van der Waals surface area contributed by atoms with Crippen LogP contribution >= 0.6 is 0 Å². The quantitative estimate of drug-likeness (QED) is 0.756. The molecule has 1 aromatic heterocycles. The number of hydrogen-bond acceptors (Lipinski definition) is 3. The van der Waals surface area contributed by atoms with E-state index in [1.807, 2.05) is 13.8 Å². The maximum Gasteiger partial charge on any atom is 0.287 e. The molecule has 1 heterocycles. The molecule has 4 heteroatoms. The highest BCUT2D eigenvalue weighted by Crippen LogP contribution is 2.07. The number of nitrogens with one attached hydrogen (secondary N) is 1. The third-order valence-corrected chi connectivity index (χ3v) is 1.95. The number of amides is 1. The monoisotopic (exact) mass is 196 g/mol. The molecule has 1 amide bonds. The lowest BCUT2D eigenvalue weighted by Crippen LogP contribution is -2.29. The van der Waals surface area contributed by atoms with E-state index >= 15 is 0 Å².